The summed E-state index contributed by atoms with van der Waals surface area (Å²) in [7, 11) is 0. The fraction of sp³-hybridized carbons (Fsp3) is 0.208. The van der Waals surface area contributed by atoms with Gasteiger partial charge in [-0.2, -0.15) is 0 Å². The molecule has 0 aliphatic heterocycles. The van der Waals surface area contributed by atoms with Gasteiger partial charge >= 0.3 is 6.36 Å². The maximum absolute atomic E-state index is 12.6. The van der Waals surface area contributed by atoms with Crippen LogP contribution in [0.15, 0.2) is 72.8 Å². The Balaban J connectivity index is 1.55. The van der Waals surface area contributed by atoms with E-state index in [4.69, 9.17) is 10.5 Å². The summed E-state index contributed by atoms with van der Waals surface area (Å²) in [6.45, 7) is 1.86. The topological polar surface area (TPSA) is 60.6 Å². The van der Waals surface area contributed by atoms with Crippen molar-refractivity contribution < 1.29 is 22.6 Å². The molecule has 0 aliphatic rings. The van der Waals surface area contributed by atoms with Crippen LogP contribution in [-0.2, 0) is 13.2 Å². The number of hydrogen-bond donors (Lipinski definition) is 1. The third-order valence-electron chi connectivity index (χ3n) is 4.82. The van der Waals surface area contributed by atoms with Crippen molar-refractivity contribution in [1.29, 1.82) is 0 Å². The monoisotopic (exact) mass is 473 g/mol. The Kier molecular flexibility index (Phi) is 7.00. The number of fused-ring (bicyclic) bond motifs is 1. The van der Waals surface area contributed by atoms with Crippen molar-refractivity contribution in [3.8, 4) is 11.5 Å². The summed E-state index contributed by atoms with van der Waals surface area (Å²) in [6.07, 6.45) is -4.75. The van der Waals surface area contributed by atoms with Gasteiger partial charge in [0.25, 0.3) is 0 Å². The smallest absolute Gasteiger partial charge is 0.489 e. The molecule has 0 radical (unpaired) electrons. The van der Waals surface area contributed by atoms with Gasteiger partial charge in [0.1, 0.15) is 18.1 Å². The molecule has 0 saturated carbocycles. The minimum absolute atomic E-state index is 0.295. The van der Waals surface area contributed by atoms with E-state index in [0.29, 0.717) is 36.9 Å². The lowest BCUT2D eigenvalue weighted by atomic mass is 10.2. The number of halogens is 3. The lowest BCUT2D eigenvalue weighted by Crippen LogP contribution is -2.29. The lowest BCUT2D eigenvalue weighted by molar-refractivity contribution is -0.274. The van der Waals surface area contributed by atoms with Gasteiger partial charge in [0.05, 0.1) is 10.2 Å². The molecule has 4 rings (SSSR count). The van der Waals surface area contributed by atoms with Crippen LogP contribution in [0, 0.1) is 0 Å². The van der Waals surface area contributed by atoms with Gasteiger partial charge in [-0.05, 0) is 23.8 Å². The predicted molar refractivity (Wildman–Crippen MR) is 124 cm³/mol. The summed E-state index contributed by atoms with van der Waals surface area (Å²) in [5.41, 5.74) is 8.30. The van der Waals surface area contributed by atoms with Gasteiger partial charge in [-0.1, -0.05) is 59.9 Å². The van der Waals surface area contributed by atoms with Crippen molar-refractivity contribution in [2.45, 2.75) is 19.5 Å². The first-order valence-electron chi connectivity index (χ1n) is 10.3. The highest BCUT2D eigenvalue weighted by molar-refractivity contribution is 7.22. The summed E-state index contributed by atoms with van der Waals surface area (Å²) in [6, 6.07) is 21.8. The van der Waals surface area contributed by atoms with Crippen LogP contribution in [0.4, 0.5) is 18.3 Å². The first-order chi connectivity index (χ1) is 15.9. The molecule has 2 N–H and O–H groups in total. The second kappa shape index (κ2) is 10.1. The van der Waals surface area contributed by atoms with E-state index in [1.807, 2.05) is 59.5 Å². The van der Waals surface area contributed by atoms with Crippen molar-refractivity contribution in [3.63, 3.8) is 0 Å². The van der Waals surface area contributed by atoms with Gasteiger partial charge in [-0.15, -0.1) is 13.2 Å². The molecule has 5 nitrogen and oxygen atoms in total. The quantitative estimate of drug-likeness (QED) is 0.336. The predicted octanol–water partition coefficient (Wildman–Crippen LogP) is 5.74. The average molecular weight is 474 g/mol. The fourth-order valence-corrected chi connectivity index (χ4v) is 4.31. The maximum atomic E-state index is 12.6. The van der Waals surface area contributed by atoms with Crippen molar-refractivity contribution in [2.24, 2.45) is 5.73 Å². The molecule has 4 aromatic rings. The number of nitrogens with two attached hydrogens (primary N) is 1. The lowest BCUT2D eigenvalue weighted by Gasteiger charge is -2.22. The molecule has 1 heterocycles. The van der Waals surface area contributed by atoms with Gasteiger partial charge in [-0.25, -0.2) is 4.98 Å². The minimum atomic E-state index is -4.75. The number of aromatic nitrogens is 1. The molecule has 3 aromatic carbocycles. The Bertz CT molecular complexity index is 1200. The van der Waals surface area contributed by atoms with Crippen LogP contribution in [-0.4, -0.2) is 24.4 Å². The molecule has 0 saturated heterocycles. The van der Waals surface area contributed by atoms with Crippen LogP contribution < -0.4 is 20.1 Å². The number of ether oxygens (including phenoxy) is 2. The standard InChI is InChI=1S/C24H22F3N3O2S/c25-24(26,27)32-19-10-11-22-20(14-19)29-23(33-22)30(13-12-28)15-18-8-4-5-9-21(18)31-16-17-6-2-1-3-7-17/h1-11,14H,12-13,15-16,28H2. The van der Waals surface area contributed by atoms with Gasteiger partial charge in [0.15, 0.2) is 5.13 Å². The Labute approximate surface area is 193 Å². The van der Waals surface area contributed by atoms with E-state index in [0.717, 1.165) is 21.6 Å². The highest BCUT2D eigenvalue weighted by Crippen LogP contribution is 2.34. The van der Waals surface area contributed by atoms with E-state index < -0.39 is 6.36 Å². The number of anilines is 1. The summed E-state index contributed by atoms with van der Waals surface area (Å²) >= 11 is 1.39. The Morgan fingerprint density at radius 3 is 2.48 bits per heavy atom. The van der Waals surface area contributed by atoms with E-state index in [9.17, 15) is 13.2 Å². The van der Waals surface area contributed by atoms with Crippen LogP contribution in [0.5, 0.6) is 11.5 Å². The number of benzene rings is 3. The molecule has 0 fully saturated rings. The van der Waals surface area contributed by atoms with Crippen molar-refractivity contribution in [3.05, 3.63) is 83.9 Å². The van der Waals surface area contributed by atoms with E-state index in [2.05, 4.69) is 9.72 Å². The molecule has 172 valence electrons. The Hall–Kier alpha value is -3.30. The van der Waals surface area contributed by atoms with Crippen LogP contribution in [0.2, 0.25) is 0 Å². The summed E-state index contributed by atoms with van der Waals surface area (Å²) < 4.78 is 48.5. The van der Waals surface area contributed by atoms with Gasteiger partial charge in [0, 0.05) is 31.3 Å². The number of hydrogen-bond acceptors (Lipinski definition) is 6. The number of alkyl halides is 3. The first kappa shape index (κ1) is 22.9. The van der Waals surface area contributed by atoms with E-state index in [1.54, 1.807) is 6.07 Å². The van der Waals surface area contributed by atoms with Gasteiger partial charge in [0.2, 0.25) is 0 Å². The molecule has 9 heteroatoms. The summed E-state index contributed by atoms with van der Waals surface area (Å²) in [5.74, 6) is 0.460. The van der Waals surface area contributed by atoms with E-state index in [-0.39, 0.29) is 5.75 Å². The fourth-order valence-electron chi connectivity index (χ4n) is 3.34. The zero-order valence-electron chi connectivity index (χ0n) is 17.6. The van der Waals surface area contributed by atoms with Crippen molar-refractivity contribution in [2.75, 3.05) is 18.0 Å². The molecular formula is C24H22F3N3O2S. The second-order valence-electron chi connectivity index (χ2n) is 7.27. The highest BCUT2D eigenvalue weighted by atomic mass is 32.1. The third kappa shape index (κ3) is 6.15. The molecule has 0 spiro atoms. The van der Waals surface area contributed by atoms with E-state index in [1.165, 1.54) is 23.5 Å². The maximum Gasteiger partial charge on any atom is 0.573 e. The Morgan fingerprint density at radius 1 is 0.970 bits per heavy atom. The molecular weight excluding hydrogens is 451 g/mol. The second-order valence-corrected chi connectivity index (χ2v) is 8.28. The SMILES string of the molecule is NCCN(Cc1ccccc1OCc1ccccc1)c1nc2cc(OC(F)(F)F)ccc2s1. The summed E-state index contributed by atoms with van der Waals surface area (Å²) in [5, 5.41) is 0.664. The van der Waals surface area contributed by atoms with Crippen LogP contribution >= 0.6 is 11.3 Å². The third-order valence-corrected chi connectivity index (χ3v) is 5.92. The molecule has 0 unspecified atom stereocenters. The molecule has 33 heavy (non-hydrogen) atoms. The number of rotatable bonds is 9. The first-order valence-corrected chi connectivity index (χ1v) is 11.1. The Morgan fingerprint density at radius 2 is 1.73 bits per heavy atom. The van der Waals surface area contributed by atoms with Crippen molar-refractivity contribution >= 4 is 26.7 Å². The molecule has 0 bridgehead atoms. The van der Waals surface area contributed by atoms with Gasteiger partial charge in [-0.3, -0.25) is 0 Å². The molecule has 0 amide bonds. The number of para-hydroxylation sites is 1. The minimum Gasteiger partial charge on any atom is -0.489 e. The number of thiazole rings is 1. The largest absolute Gasteiger partial charge is 0.573 e. The molecule has 0 aliphatic carbocycles. The average Bonchev–Trinajstić information content (AvgIpc) is 3.21. The van der Waals surface area contributed by atoms with E-state index >= 15 is 0 Å². The van der Waals surface area contributed by atoms with Gasteiger partial charge < -0.3 is 20.1 Å². The highest BCUT2D eigenvalue weighted by Gasteiger charge is 2.31. The molecule has 0 atom stereocenters. The van der Waals surface area contributed by atoms with Crippen LogP contribution in [0.3, 0.4) is 0 Å². The number of nitrogens with zero attached hydrogens (tertiary/aromatic N) is 2. The van der Waals surface area contributed by atoms with Crippen molar-refractivity contribution in [1.82, 2.24) is 4.98 Å². The zero-order valence-corrected chi connectivity index (χ0v) is 18.4. The van der Waals surface area contributed by atoms with Crippen LogP contribution in [0.1, 0.15) is 11.1 Å². The van der Waals surface area contributed by atoms with Crippen LogP contribution in [0.25, 0.3) is 10.2 Å². The normalized spacial score (nSPS) is 11.5. The summed E-state index contributed by atoms with van der Waals surface area (Å²) in [4.78, 5) is 6.54. The zero-order chi connectivity index (χ0) is 23.3. The molecule has 1 aromatic heterocycles.